The van der Waals surface area contributed by atoms with E-state index in [0.29, 0.717) is 10.0 Å². The molecule has 1 aromatic carbocycles. The number of hydrogen-bond acceptors (Lipinski definition) is 3. The van der Waals surface area contributed by atoms with Gasteiger partial charge in [-0.1, -0.05) is 48.3 Å². The minimum atomic E-state index is -0.276. The zero-order valence-electron chi connectivity index (χ0n) is 10.5. The molecule has 5 heteroatoms. The Morgan fingerprint density at radius 3 is 2.74 bits per heavy atom. The standard InChI is InChI=1S/C14H15Cl2N3/c1-2-9-5-4-8-18-13(9)14(19-17)10-6-3-7-11(15)12(10)16/h3-8,14,19H,2,17H2,1H3. The number of benzene rings is 1. The van der Waals surface area contributed by atoms with Crippen molar-refractivity contribution in [3.63, 3.8) is 0 Å². The van der Waals surface area contributed by atoms with Gasteiger partial charge in [-0.15, -0.1) is 0 Å². The van der Waals surface area contributed by atoms with Crippen molar-refractivity contribution >= 4 is 23.2 Å². The van der Waals surface area contributed by atoms with Crippen molar-refractivity contribution in [3.05, 3.63) is 63.4 Å². The topological polar surface area (TPSA) is 50.9 Å². The second-order valence-electron chi connectivity index (χ2n) is 4.14. The van der Waals surface area contributed by atoms with Crippen molar-refractivity contribution in [1.82, 2.24) is 10.4 Å². The lowest BCUT2D eigenvalue weighted by Gasteiger charge is -2.20. The second kappa shape index (κ2) is 6.35. The molecule has 100 valence electrons. The largest absolute Gasteiger partial charge is 0.271 e. The molecular weight excluding hydrogens is 281 g/mol. The lowest BCUT2D eigenvalue weighted by molar-refractivity contribution is 0.614. The van der Waals surface area contributed by atoms with Crippen LogP contribution in [0.15, 0.2) is 36.5 Å². The first-order valence-corrected chi connectivity index (χ1v) is 6.78. The lowest BCUT2D eigenvalue weighted by Crippen LogP contribution is -2.30. The van der Waals surface area contributed by atoms with E-state index in [2.05, 4.69) is 17.3 Å². The van der Waals surface area contributed by atoms with Crippen LogP contribution < -0.4 is 11.3 Å². The van der Waals surface area contributed by atoms with Crippen molar-refractivity contribution < 1.29 is 0 Å². The Morgan fingerprint density at radius 1 is 1.26 bits per heavy atom. The van der Waals surface area contributed by atoms with Gasteiger partial charge in [-0.2, -0.15) is 0 Å². The molecule has 1 heterocycles. The van der Waals surface area contributed by atoms with E-state index >= 15 is 0 Å². The van der Waals surface area contributed by atoms with Gasteiger partial charge in [-0.05, 0) is 29.7 Å². The van der Waals surface area contributed by atoms with Gasteiger partial charge in [0.1, 0.15) is 0 Å². The maximum atomic E-state index is 6.26. The first kappa shape index (κ1) is 14.3. The van der Waals surface area contributed by atoms with Crippen molar-refractivity contribution in [1.29, 1.82) is 0 Å². The molecule has 0 aliphatic rings. The summed E-state index contributed by atoms with van der Waals surface area (Å²) in [5, 5.41) is 1.01. The van der Waals surface area contributed by atoms with Crippen LogP contribution in [0.4, 0.5) is 0 Å². The van der Waals surface area contributed by atoms with Gasteiger partial charge >= 0.3 is 0 Å². The van der Waals surface area contributed by atoms with Gasteiger partial charge < -0.3 is 0 Å². The van der Waals surface area contributed by atoms with Crippen LogP contribution in [-0.4, -0.2) is 4.98 Å². The normalized spacial score (nSPS) is 12.4. The summed E-state index contributed by atoms with van der Waals surface area (Å²) in [4.78, 5) is 4.42. The number of nitrogens with one attached hydrogen (secondary N) is 1. The van der Waals surface area contributed by atoms with Gasteiger partial charge in [0.2, 0.25) is 0 Å². The highest BCUT2D eigenvalue weighted by Crippen LogP contribution is 2.33. The van der Waals surface area contributed by atoms with Gasteiger partial charge in [0.25, 0.3) is 0 Å². The summed E-state index contributed by atoms with van der Waals surface area (Å²) >= 11 is 12.3. The number of nitrogens with zero attached hydrogens (tertiary/aromatic N) is 1. The minimum absolute atomic E-state index is 0.276. The number of hydrogen-bond donors (Lipinski definition) is 2. The van der Waals surface area contributed by atoms with Crippen LogP contribution in [0.5, 0.6) is 0 Å². The third-order valence-electron chi connectivity index (χ3n) is 3.04. The number of aryl methyl sites for hydroxylation is 1. The predicted molar refractivity (Wildman–Crippen MR) is 79.2 cm³/mol. The Labute approximate surface area is 122 Å². The summed E-state index contributed by atoms with van der Waals surface area (Å²) in [6.45, 7) is 2.08. The van der Waals surface area contributed by atoms with Crippen LogP contribution in [0.1, 0.15) is 29.8 Å². The molecule has 0 saturated carbocycles. The van der Waals surface area contributed by atoms with Gasteiger partial charge in [0, 0.05) is 6.20 Å². The van der Waals surface area contributed by atoms with E-state index in [1.165, 1.54) is 0 Å². The summed E-state index contributed by atoms with van der Waals surface area (Å²) < 4.78 is 0. The van der Waals surface area contributed by atoms with Crippen molar-refractivity contribution in [2.45, 2.75) is 19.4 Å². The van der Waals surface area contributed by atoms with E-state index in [0.717, 1.165) is 23.2 Å². The number of aromatic nitrogens is 1. The average molecular weight is 296 g/mol. The molecule has 0 aliphatic carbocycles. The molecule has 2 rings (SSSR count). The fourth-order valence-electron chi connectivity index (χ4n) is 2.07. The summed E-state index contributed by atoms with van der Waals surface area (Å²) in [7, 11) is 0. The first-order chi connectivity index (χ1) is 9.19. The number of hydrazine groups is 1. The van der Waals surface area contributed by atoms with Crippen LogP contribution in [-0.2, 0) is 6.42 Å². The van der Waals surface area contributed by atoms with Crippen molar-refractivity contribution in [2.24, 2.45) is 5.84 Å². The highest BCUT2D eigenvalue weighted by atomic mass is 35.5. The van der Waals surface area contributed by atoms with Gasteiger partial charge in [0.05, 0.1) is 21.8 Å². The van der Waals surface area contributed by atoms with Gasteiger partial charge in [0.15, 0.2) is 0 Å². The van der Waals surface area contributed by atoms with E-state index in [-0.39, 0.29) is 6.04 Å². The van der Waals surface area contributed by atoms with E-state index < -0.39 is 0 Å². The molecule has 0 saturated heterocycles. The van der Waals surface area contributed by atoms with E-state index in [9.17, 15) is 0 Å². The third-order valence-corrected chi connectivity index (χ3v) is 3.87. The molecule has 0 radical (unpaired) electrons. The highest BCUT2D eigenvalue weighted by molar-refractivity contribution is 6.42. The molecule has 0 bridgehead atoms. The molecule has 0 fully saturated rings. The molecule has 0 aliphatic heterocycles. The zero-order chi connectivity index (χ0) is 13.8. The van der Waals surface area contributed by atoms with Crippen LogP contribution in [0.25, 0.3) is 0 Å². The smallest absolute Gasteiger partial charge is 0.0899 e. The van der Waals surface area contributed by atoms with Crippen LogP contribution in [0.3, 0.4) is 0 Å². The molecule has 0 amide bonds. The molecule has 19 heavy (non-hydrogen) atoms. The number of pyridine rings is 1. The maximum absolute atomic E-state index is 6.26. The monoisotopic (exact) mass is 295 g/mol. The predicted octanol–water partition coefficient (Wildman–Crippen LogP) is 3.50. The molecule has 1 aromatic heterocycles. The summed E-state index contributed by atoms with van der Waals surface area (Å²) in [6.07, 6.45) is 2.62. The van der Waals surface area contributed by atoms with E-state index in [1.54, 1.807) is 12.3 Å². The van der Waals surface area contributed by atoms with Crippen LogP contribution in [0, 0.1) is 0 Å². The molecule has 3 N–H and O–H groups in total. The van der Waals surface area contributed by atoms with E-state index in [4.69, 9.17) is 29.0 Å². The minimum Gasteiger partial charge on any atom is -0.271 e. The Bertz CT molecular complexity index is 572. The molecular formula is C14H15Cl2N3. The van der Waals surface area contributed by atoms with E-state index in [1.807, 2.05) is 24.3 Å². The van der Waals surface area contributed by atoms with Crippen LogP contribution in [0.2, 0.25) is 10.0 Å². The second-order valence-corrected chi connectivity index (χ2v) is 4.93. The van der Waals surface area contributed by atoms with Crippen LogP contribution >= 0.6 is 23.2 Å². The molecule has 1 atom stereocenters. The summed E-state index contributed by atoms with van der Waals surface area (Å²) in [5.41, 5.74) is 5.59. The maximum Gasteiger partial charge on any atom is 0.0899 e. The Balaban J connectivity index is 2.53. The van der Waals surface area contributed by atoms with Crippen molar-refractivity contribution in [3.8, 4) is 0 Å². The fourth-order valence-corrected chi connectivity index (χ4v) is 2.49. The number of nitrogens with two attached hydrogens (primary N) is 1. The Kier molecular flexibility index (Phi) is 4.77. The highest BCUT2D eigenvalue weighted by Gasteiger charge is 2.20. The first-order valence-electron chi connectivity index (χ1n) is 6.02. The summed E-state index contributed by atoms with van der Waals surface area (Å²) in [5.74, 6) is 5.69. The average Bonchev–Trinajstić information content (AvgIpc) is 2.45. The van der Waals surface area contributed by atoms with Gasteiger partial charge in [-0.3, -0.25) is 10.8 Å². The lowest BCUT2D eigenvalue weighted by atomic mass is 9.98. The SMILES string of the molecule is CCc1cccnc1C(NN)c1cccc(Cl)c1Cl. The number of halogens is 2. The number of rotatable bonds is 4. The quantitative estimate of drug-likeness (QED) is 0.670. The molecule has 3 nitrogen and oxygen atoms in total. The molecule has 1 unspecified atom stereocenters. The zero-order valence-corrected chi connectivity index (χ0v) is 12.0. The van der Waals surface area contributed by atoms with Gasteiger partial charge in [-0.25, -0.2) is 5.43 Å². The molecule has 0 spiro atoms. The third kappa shape index (κ3) is 2.90. The molecule has 2 aromatic rings. The Hall–Kier alpha value is -1.13. The van der Waals surface area contributed by atoms with Crippen molar-refractivity contribution in [2.75, 3.05) is 0 Å². The fraction of sp³-hybridized carbons (Fsp3) is 0.214. The Morgan fingerprint density at radius 2 is 2.05 bits per heavy atom. The summed E-state index contributed by atoms with van der Waals surface area (Å²) in [6, 6.07) is 9.16.